The van der Waals surface area contributed by atoms with Gasteiger partial charge in [-0.05, 0) is 27.4 Å². The van der Waals surface area contributed by atoms with Gasteiger partial charge in [0.2, 0.25) is 10.1 Å². The van der Waals surface area contributed by atoms with Gasteiger partial charge < -0.3 is 11.1 Å². The number of anilines is 1. The largest absolute Gasteiger partial charge is 0.374 e. The molecule has 0 atom stereocenters. The van der Waals surface area contributed by atoms with Crippen LogP contribution in [0.15, 0.2) is 15.9 Å². The fraction of sp³-hybridized carbons (Fsp3) is 0.125. The summed E-state index contributed by atoms with van der Waals surface area (Å²) in [4.78, 5) is 12.7. The number of hydrogen-bond donors (Lipinski definition) is 2. The number of nitrogens with one attached hydrogen (secondary N) is 1. The number of rotatable bonds is 3. The molecule has 1 amide bonds. The van der Waals surface area contributed by atoms with Crippen molar-refractivity contribution >= 4 is 49.6 Å². The Morgan fingerprint density at radius 2 is 2.38 bits per heavy atom. The highest BCUT2D eigenvalue weighted by Gasteiger charge is 2.11. The van der Waals surface area contributed by atoms with Gasteiger partial charge in [0.1, 0.15) is 0 Å². The highest BCUT2D eigenvalue weighted by atomic mass is 79.9. The van der Waals surface area contributed by atoms with Gasteiger partial charge in [-0.25, -0.2) is 0 Å². The second-order valence-electron chi connectivity index (χ2n) is 2.82. The van der Waals surface area contributed by atoms with Gasteiger partial charge in [-0.2, -0.15) is 0 Å². The van der Waals surface area contributed by atoms with Crippen LogP contribution in [0.1, 0.15) is 14.7 Å². The zero-order chi connectivity index (χ0) is 11.5. The third kappa shape index (κ3) is 2.57. The maximum absolute atomic E-state index is 11.6. The van der Waals surface area contributed by atoms with Gasteiger partial charge in [0.25, 0.3) is 5.91 Å². The summed E-state index contributed by atoms with van der Waals surface area (Å²) in [5.74, 6) is -0.255. The van der Waals surface area contributed by atoms with Crippen molar-refractivity contribution in [1.29, 1.82) is 0 Å². The molecule has 0 aliphatic heterocycles. The van der Waals surface area contributed by atoms with Crippen molar-refractivity contribution in [2.24, 2.45) is 0 Å². The van der Waals surface area contributed by atoms with Crippen LogP contribution in [0.5, 0.6) is 0 Å². The van der Waals surface area contributed by atoms with Crippen molar-refractivity contribution in [2.45, 2.75) is 6.54 Å². The zero-order valence-electron chi connectivity index (χ0n) is 7.94. The maximum atomic E-state index is 11.6. The van der Waals surface area contributed by atoms with E-state index in [4.69, 9.17) is 5.73 Å². The number of thiophene rings is 1. The minimum atomic E-state index is -0.255. The first-order chi connectivity index (χ1) is 7.66. The van der Waals surface area contributed by atoms with Crippen LogP contribution >= 0.6 is 38.6 Å². The van der Waals surface area contributed by atoms with Crippen LogP contribution in [0.4, 0.5) is 5.13 Å². The Bertz CT molecular complexity index is 510. The minimum absolute atomic E-state index is 0.255. The molecule has 2 aromatic rings. The predicted molar refractivity (Wildman–Crippen MR) is 67.5 cm³/mol. The third-order valence-electron chi connectivity index (χ3n) is 1.74. The maximum Gasteiger partial charge on any atom is 0.282 e. The Kier molecular flexibility index (Phi) is 3.52. The lowest BCUT2D eigenvalue weighted by molar-refractivity contribution is 0.0950. The van der Waals surface area contributed by atoms with Gasteiger partial charge in [-0.15, -0.1) is 21.5 Å². The van der Waals surface area contributed by atoms with Crippen molar-refractivity contribution in [3.63, 3.8) is 0 Å². The molecule has 0 saturated heterocycles. The molecular formula is C8H7BrN4OS2. The first-order valence-electron chi connectivity index (χ1n) is 4.26. The predicted octanol–water partition coefficient (Wildman–Crippen LogP) is 1.87. The molecule has 84 valence electrons. The summed E-state index contributed by atoms with van der Waals surface area (Å²) in [7, 11) is 0. The number of amides is 1. The van der Waals surface area contributed by atoms with Gasteiger partial charge in [0, 0.05) is 9.35 Å². The van der Waals surface area contributed by atoms with E-state index in [0.717, 1.165) is 20.7 Å². The standard InChI is InChI=1S/C8H7BrN4OS2/c9-4-1-2-15-5(4)3-11-6(14)7-12-13-8(10)16-7/h1-2H,3H2,(H2,10,13)(H,11,14). The lowest BCUT2D eigenvalue weighted by Crippen LogP contribution is -2.22. The van der Waals surface area contributed by atoms with Crippen LogP contribution in [-0.4, -0.2) is 16.1 Å². The molecule has 16 heavy (non-hydrogen) atoms. The lowest BCUT2D eigenvalue weighted by atomic mass is 10.4. The Balaban J connectivity index is 1.96. The quantitative estimate of drug-likeness (QED) is 0.905. The number of carbonyl (C=O) groups excluding carboxylic acids is 1. The van der Waals surface area contributed by atoms with Crippen LogP contribution in [-0.2, 0) is 6.54 Å². The van der Waals surface area contributed by atoms with Gasteiger partial charge in [0.15, 0.2) is 0 Å². The molecular weight excluding hydrogens is 312 g/mol. The van der Waals surface area contributed by atoms with Crippen LogP contribution in [0.25, 0.3) is 0 Å². The topological polar surface area (TPSA) is 80.9 Å². The molecule has 5 nitrogen and oxygen atoms in total. The fourth-order valence-electron chi connectivity index (χ4n) is 1.01. The molecule has 0 bridgehead atoms. The summed E-state index contributed by atoms with van der Waals surface area (Å²) in [6.45, 7) is 0.469. The Morgan fingerprint density at radius 3 is 2.94 bits per heavy atom. The van der Waals surface area contributed by atoms with E-state index < -0.39 is 0 Å². The minimum Gasteiger partial charge on any atom is -0.374 e. The average Bonchev–Trinajstić information content (AvgIpc) is 2.84. The van der Waals surface area contributed by atoms with Gasteiger partial charge in [-0.1, -0.05) is 11.3 Å². The van der Waals surface area contributed by atoms with Crippen molar-refractivity contribution in [2.75, 3.05) is 5.73 Å². The van der Waals surface area contributed by atoms with E-state index in [1.807, 2.05) is 11.4 Å². The lowest BCUT2D eigenvalue weighted by Gasteiger charge is -2.00. The summed E-state index contributed by atoms with van der Waals surface area (Å²) >= 11 is 6.04. The molecule has 3 N–H and O–H groups in total. The number of halogens is 1. The van der Waals surface area contributed by atoms with Gasteiger partial charge in [-0.3, -0.25) is 4.79 Å². The fourth-order valence-corrected chi connectivity index (χ4v) is 2.97. The number of carbonyl (C=O) groups is 1. The third-order valence-corrected chi connectivity index (χ3v) is 4.41. The van der Waals surface area contributed by atoms with E-state index in [1.165, 1.54) is 0 Å². The number of nitrogens with two attached hydrogens (primary N) is 1. The molecule has 2 aromatic heterocycles. The van der Waals surface area contributed by atoms with Crippen LogP contribution < -0.4 is 11.1 Å². The second-order valence-corrected chi connectivity index (χ2v) is 5.68. The summed E-state index contributed by atoms with van der Waals surface area (Å²) < 4.78 is 0.995. The molecule has 0 unspecified atom stereocenters. The van der Waals surface area contributed by atoms with Crippen LogP contribution in [0.3, 0.4) is 0 Å². The first kappa shape index (κ1) is 11.5. The molecule has 0 radical (unpaired) electrons. The van der Waals surface area contributed by atoms with Gasteiger partial charge >= 0.3 is 0 Å². The van der Waals surface area contributed by atoms with Crippen LogP contribution in [0.2, 0.25) is 0 Å². The average molecular weight is 319 g/mol. The summed E-state index contributed by atoms with van der Waals surface area (Å²) in [5.41, 5.74) is 5.39. The SMILES string of the molecule is Nc1nnc(C(=O)NCc2sccc2Br)s1. The first-order valence-corrected chi connectivity index (χ1v) is 6.75. The van der Waals surface area contributed by atoms with E-state index in [1.54, 1.807) is 11.3 Å². The van der Waals surface area contributed by atoms with Crippen molar-refractivity contribution in [3.05, 3.63) is 25.8 Å². The molecule has 0 aliphatic rings. The van der Waals surface area contributed by atoms with E-state index in [9.17, 15) is 4.79 Å². The molecule has 0 saturated carbocycles. The molecule has 8 heteroatoms. The zero-order valence-corrected chi connectivity index (χ0v) is 11.2. The Morgan fingerprint density at radius 1 is 1.56 bits per heavy atom. The van der Waals surface area contributed by atoms with Crippen LogP contribution in [0, 0.1) is 0 Å². The van der Waals surface area contributed by atoms with Crippen molar-refractivity contribution in [1.82, 2.24) is 15.5 Å². The summed E-state index contributed by atoms with van der Waals surface area (Å²) in [6.07, 6.45) is 0. The highest BCUT2D eigenvalue weighted by Crippen LogP contribution is 2.22. The van der Waals surface area contributed by atoms with Gasteiger partial charge in [0.05, 0.1) is 6.54 Å². The Hall–Kier alpha value is -0.990. The molecule has 0 aromatic carbocycles. The van der Waals surface area contributed by atoms with Crippen molar-refractivity contribution in [3.8, 4) is 0 Å². The van der Waals surface area contributed by atoms with E-state index in [-0.39, 0.29) is 10.9 Å². The molecule has 0 fully saturated rings. The van der Waals surface area contributed by atoms with E-state index in [2.05, 4.69) is 31.4 Å². The number of nitrogen functional groups attached to an aromatic ring is 1. The normalized spacial score (nSPS) is 10.3. The van der Waals surface area contributed by atoms with E-state index >= 15 is 0 Å². The second kappa shape index (κ2) is 4.89. The summed E-state index contributed by atoms with van der Waals surface area (Å²) in [6, 6.07) is 1.94. The Labute approximate surface area is 108 Å². The van der Waals surface area contributed by atoms with Crippen molar-refractivity contribution < 1.29 is 4.79 Å². The smallest absolute Gasteiger partial charge is 0.282 e. The molecule has 2 heterocycles. The van der Waals surface area contributed by atoms with E-state index in [0.29, 0.717) is 11.7 Å². The summed E-state index contributed by atoms with van der Waals surface area (Å²) in [5, 5.41) is 12.5. The highest BCUT2D eigenvalue weighted by molar-refractivity contribution is 9.10. The number of aromatic nitrogens is 2. The molecule has 2 rings (SSSR count). The molecule has 0 spiro atoms. The monoisotopic (exact) mass is 318 g/mol. The number of hydrogen-bond acceptors (Lipinski definition) is 6. The number of nitrogens with zero attached hydrogens (tertiary/aromatic N) is 2. The molecule has 0 aliphatic carbocycles.